The van der Waals surface area contributed by atoms with Crippen LogP contribution in [0.5, 0.6) is 5.75 Å². The van der Waals surface area contributed by atoms with Crippen molar-refractivity contribution in [2.24, 2.45) is 0 Å². The number of ether oxygens (including phenoxy) is 1. The third-order valence-corrected chi connectivity index (χ3v) is 2.68. The van der Waals surface area contributed by atoms with Crippen molar-refractivity contribution in [1.29, 1.82) is 0 Å². The van der Waals surface area contributed by atoms with Crippen LogP contribution in [0.2, 0.25) is 0 Å². The lowest BCUT2D eigenvalue weighted by atomic mass is 10.1. The van der Waals surface area contributed by atoms with E-state index in [2.05, 4.69) is 4.42 Å². The molecule has 1 heterocycles. The average Bonchev–Trinajstić information content (AvgIpc) is 2.45. The maximum atomic E-state index is 12.4. The van der Waals surface area contributed by atoms with E-state index in [1.165, 1.54) is 12.1 Å². The molecule has 0 amide bonds. The molecule has 1 aromatic carbocycles. The van der Waals surface area contributed by atoms with Crippen LogP contribution in [0.1, 0.15) is 21.7 Å². The number of benzene rings is 1. The molecule has 2 rings (SSSR count). The minimum atomic E-state index is -4.42. The van der Waals surface area contributed by atoms with Gasteiger partial charge in [0.15, 0.2) is 0 Å². The zero-order valence-corrected chi connectivity index (χ0v) is 10.9. The highest BCUT2D eigenvalue weighted by molar-refractivity contribution is 5.84. The third kappa shape index (κ3) is 3.66. The fraction of sp³-hybridized carbons (Fsp3) is 0.143. The Labute approximate surface area is 121 Å². The van der Waals surface area contributed by atoms with Gasteiger partial charge in [0.25, 0.3) is 0 Å². The molecule has 0 bridgehead atoms. The van der Waals surface area contributed by atoms with Crippen molar-refractivity contribution in [2.75, 3.05) is 0 Å². The van der Waals surface area contributed by atoms with Crippen molar-refractivity contribution in [2.45, 2.75) is 12.8 Å². The van der Waals surface area contributed by atoms with E-state index in [-0.39, 0.29) is 12.4 Å². The first-order valence-electron chi connectivity index (χ1n) is 5.92. The Kier molecular flexibility index (Phi) is 4.20. The lowest BCUT2D eigenvalue weighted by molar-refractivity contribution is -0.137. The summed E-state index contributed by atoms with van der Waals surface area (Å²) in [5.41, 5.74) is -1.08. The highest BCUT2D eigenvalue weighted by Gasteiger charge is 2.29. The summed E-state index contributed by atoms with van der Waals surface area (Å²) >= 11 is 0. The van der Waals surface area contributed by atoms with Crippen LogP contribution in [0, 0.1) is 0 Å². The van der Waals surface area contributed by atoms with Crippen LogP contribution in [0.15, 0.2) is 45.8 Å². The molecule has 0 unspecified atom stereocenters. The van der Waals surface area contributed by atoms with Gasteiger partial charge in [0.05, 0.1) is 5.56 Å². The van der Waals surface area contributed by atoms with Gasteiger partial charge in [-0.3, -0.25) is 4.79 Å². The maximum Gasteiger partial charge on any atom is 0.416 e. The number of aromatic carboxylic acids is 1. The van der Waals surface area contributed by atoms with Gasteiger partial charge in [0.1, 0.15) is 12.9 Å². The summed E-state index contributed by atoms with van der Waals surface area (Å²) in [5, 5.41) is 8.63. The summed E-state index contributed by atoms with van der Waals surface area (Å²) < 4.78 is 47.0. The second-order valence-corrected chi connectivity index (χ2v) is 4.26. The predicted octanol–water partition coefficient (Wildman–Crippen LogP) is 2.94. The molecule has 0 saturated carbocycles. The van der Waals surface area contributed by atoms with Gasteiger partial charge in [0, 0.05) is 6.07 Å². The Hall–Kier alpha value is -2.77. The number of rotatable bonds is 4. The van der Waals surface area contributed by atoms with Crippen LogP contribution in [0.3, 0.4) is 0 Å². The minimum absolute atomic E-state index is 0.157. The zero-order chi connectivity index (χ0) is 16.3. The summed E-state index contributed by atoms with van der Waals surface area (Å²) in [7, 11) is 0. The largest absolute Gasteiger partial charge is 0.482 e. The van der Waals surface area contributed by atoms with Crippen LogP contribution in [-0.2, 0) is 12.8 Å². The van der Waals surface area contributed by atoms with E-state index < -0.39 is 28.9 Å². The molecule has 0 aliphatic heterocycles. The summed E-state index contributed by atoms with van der Waals surface area (Å²) in [6, 6.07) is 4.99. The van der Waals surface area contributed by atoms with E-state index in [1.54, 1.807) is 0 Å². The van der Waals surface area contributed by atoms with Crippen molar-refractivity contribution in [3.63, 3.8) is 0 Å². The number of alkyl halides is 3. The van der Waals surface area contributed by atoms with Crippen molar-refractivity contribution < 1.29 is 32.2 Å². The van der Waals surface area contributed by atoms with Crippen molar-refractivity contribution in [3.8, 4) is 5.75 Å². The molecule has 0 spiro atoms. The van der Waals surface area contributed by atoms with E-state index in [0.717, 1.165) is 24.5 Å². The van der Waals surface area contributed by atoms with E-state index >= 15 is 0 Å². The zero-order valence-electron chi connectivity index (χ0n) is 10.9. The molecule has 116 valence electrons. The first-order chi connectivity index (χ1) is 10.3. The molecule has 0 fully saturated rings. The second kappa shape index (κ2) is 5.92. The molecular formula is C14H9F3O5. The number of halogens is 3. The topological polar surface area (TPSA) is 76.7 Å². The van der Waals surface area contributed by atoms with E-state index in [1.807, 2.05) is 0 Å². The van der Waals surface area contributed by atoms with E-state index in [9.17, 15) is 22.8 Å². The van der Waals surface area contributed by atoms with Crippen molar-refractivity contribution >= 4 is 5.97 Å². The molecule has 0 saturated heterocycles. The van der Waals surface area contributed by atoms with Crippen molar-refractivity contribution in [1.82, 2.24) is 0 Å². The smallest absolute Gasteiger partial charge is 0.416 e. The van der Waals surface area contributed by atoms with Gasteiger partial charge < -0.3 is 14.3 Å². The lowest BCUT2D eigenvalue weighted by Gasteiger charge is -2.08. The fourth-order valence-corrected chi connectivity index (χ4v) is 1.57. The molecule has 22 heavy (non-hydrogen) atoms. The molecule has 5 nitrogen and oxygen atoms in total. The lowest BCUT2D eigenvalue weighted by Crippen LogP contribution is -2.10. The Morgan fingerprint density at radius 1 is 1.23 bits per heavy atom. The number of hydrogen-bond acceptors (Lipinski definition) is 4. The van der Waals surface area contributed by atoms with Gasteiger partial charge in [0.2, 0.25) is 16.9 Å². The monoisotopic (exact) mass is 314 g/mol. The van der Waals surface area contributed by atoms with Crippen LogP contribution >= 0.6 is 0 Å². The maximum absolute atomic E-state index is 12.4. The Morgan fingerprint density at radius 2 is 1.86 bits per heavy atom. The van der Waals surface area contributed by atoms with Crippen LogP contribution in [0.25, 0.3) is 0 Å². The van der Waals surface area contributed by atoms with Crippen LogP contribution in [0.4, 0.5) is 13.2 Å². The Balaban J connectivity index is 2.07. The number of carboxylic acid groups (broad SMARTS) is 1. The Morgan fingerprint density at radius 3 is 2.36 bits per heavy atom. The standard InChI is InChI=1S/C14H9F3O5/c15-14(16,17)9-3-1-8(2-4-9)6-21-12-7-22-11(13(19)20)5-10(12)18/h1-5,7H,6H2,(H,19,20). The second-order valence-electron chi connectivity index (χ2n) is 4.26. The molecule has 2 aromatic rings. The molecule has 0 aliphatic rings. The predicted molar refractivity (Wildman–Crippen MR) is 67.7 cm³/mol. The van der Waals surface area contributed by atoms with Crippen LogP contribution < -0.4 is 10.2 Å². The minimum Gasteiger partial charge on any atom is -0.482 e. The van der Waals surface area contributed by atoms with E-state index in [4.69, 9.17) is 9.84 Å². The number of carbonyl (C=O) groups is 1. The summed E-state index contributed by atoms with van der Waals surface area (Å²) in [6.45, 7) is -0.157. The average molecular weight is 314 g/mol. The Bertz CT molecular complexity index is 731. The molecule has 0 aliphatic carbocycles. The summed E-state index contributed by atoms with van der Waals surface area (Å²) in [4.78, 5) is 22.1. The van der Waals surface area contributed by atoms with Gasteiger partial charge >= 0.3 is 12.1 Å². The first-order valence-corrected chi connectivity index (χ1v) is 5.92. The molecule has 0 radical (unpaired) electrons. The van der Waals surface area contributed by atoms with Gasteiger partial charge in [-0.1, -0.05) is 12.1 Å². The van der Waals surface area contributed by atoms with E-state index in [0.29, 0.717) is 5.56 Å². The molecule has 1 N–H and O–H groups in total. The molecule has 8 heteroatoms. The van der Waals surface area contributed by atoms with Gasteiger partial charge in [-0.15, -0.1) is 0 Å². The third-order valence-electron chi connectivity index (χ3n) is 2.68. The SMILES string of the molecule is O=C(O)c1cc(=O)c(OCc2ccc(C(F)(F)F)cc2)co1. The normalized spacial score (nSPS) is 11.2. The first kappa shape index (κ1) is 15.6. The highest BCUT2D eigenvalue weighted by atomic mass is 19.4. The van der Waals surface area contributed by atoms with Gasteiger partial charge in [-0.2, -0.15) is 13.2 Å². The molecular weight excluding hydrogens is 305 g/mol. The summed E-state index contributed by atoms with van der Waals surface area (Å²) in [5.74, 6) is -2.16. The fourth-order valence-electron chi connectivity index (χ4n) is 1.57. The van der Waals surface area contributed by atoms with Gasteiger partial charge in [-0.25, -0.2) is 4.79 Å². The molecule has 0 atom stereocenters. The van der Waals surface area contributed by atoms with Crippen LogP contribution in [-0.4, -0.2) is 11.1 Å². The quantitative estimate of drug-likeness (QED) is 0.939. The number of hydrogen-bond donors (Lipinski definition) is 1. The highest BCUT2D eigenvalue weighted by Crippen LogP contribution is 2.29. The molecule has 1 aromatic heterocycles. The number of carboxylic acids is 1. The van der Waals surface area contributed by atoms with Gasteiger partial charge in [-0.05, 0) is 17.7 Å². The summed E-state index contributed by atoms with van der Waals surface area (Å²) in [6.07, 6.45) is -3.58. The van der Waals surface area contributed by atoms with Crippen molar-refractivity contribution in [3.05, 3.63) is 63.7 Å².